The second-order valence-electron chi connectivity index (χ2n) is 5.70. The molecule has 24 heavy (non-hydrogen) atoms. The molecule has 0 saturated carbocycles. The van der Waals surface area contributed by atoms with E-state index in [1.54, 1.807) is 12.1 Å². The van der Waals surface area contributed by atoms with E-state index in [0.717, 1.165) is 23.8 Å². The molecule has 0 spiro atoms. The number of nitrogens with one attached hydrogen (secondary N) is 2. The van der Waals surface area contributed by atoms with Gasteiger partial charge in [-0.3, -0.25) is 4.79 Å². The summed E-state index contributed by atoms with van der Waals surface area (Å²) in [6, 6.07) is 3.31. The maximum Gasteiger partial charge on any atom is 0.348 e. The molecule has 8 nitrogen and oxygen atoms in total. The first-order valence-corrected chi connectivity index (χ1v) is 9.42. The molecule has 1 aromatic heterocycles. The first-order valence-electron chi connectivity index (χ1n) is 7.53. The minimum Gasteiger partial charge on any atom is -0.374 e. The van der Waals surface area contributed by atoms with Crippen molar-refractivity contribution in [1.82, 2.24) is 9.66 Å². The molecule has 2 rings (SSSR count). The zero-order valence-electron chi connectivity index (χ0n) is 14.0. The second-order valence-corrected chi connectivity index (χ2v) is 7.43. The Balaban J connectivity index is 2.66. The third-order valence-corrected chi connectivity index (χ3v) is 4.07. The molecule has 0 fully saturated rings. The number of nitrogens with zero attached hydrogens (tertiary/aromatic N) is 1. The van der Waals surface area contributed by atoms with Gasteiger partial charge in [0, 0.05) is 6.61 Å². The lowest BCUT2D eigenvalue weighted by atomic mass is 10.0. The lowest BCUT2D eigenvalue weighted by Gasteiger charge is -2.16. The van der Waals surface area contributed by atoms with Crippen LogP contribution >= 0.6 is 0 Å². The number of aryl methyl sites for hydroxylation is 1. The summed E-state index contributed by atoms with van der Waals surface area (Å²) in [5, 5.41) is 0.207. The number of hydrogen-bond acceptors (Lipinski definition) is 5. The first-order chi connectivity index (χ1) is 11.1. The van der Waals surface area contributed by atoms with Gasteiger partial charge in [0.1, 0.15) is 0 Å². The quantitative estimate of drug-likeness (QED) is 0.803. The van der Waals surface area contributed by atoms with Crippen LogP contribution in [0.3, 0.4) is 0 Å². The van der Waals surface area contributed by atoms with Gasteiger partial charge in [0.2, 0.25) is 10.0 Å². The molecule has 0 bridgehead atoms. The summed E-state index contributed by atoms with van der Waals surface area (Å²) in [5.41, 5.74) is 0.449. The Labute approximate surface area is 139 Å². The fourth-order valence-electron chi connectivity index (χ4n) is 2.46. The smallest absolute Gasteiger partial charge is 0.348 e. The number of rotatable bonds is 6. The van der Waals surface area contributed by atoms with Gasteiger partial charge in [0.15, 0.2) is 0 Å². The summed E-state index contributed by atoms with van der Waals surface area (Å²) in [4.78, 5) is 28.9. The summed E-state index contributed by atoms with van der Waals surface area (Å²) in [5.74, 6) is 0. The number of aromatic amines is 1. The Bertz CT molecular complexity index is 975. The van der Waals surface area contributed by atoms with Gasteiger partial charge in [-0.25, -0.2) is 18.0 Å². The van der Waals surface area contributed by atoms with Crippen LogP contribution in [0.5, 0.6) is 0 Å². The molecule has 0 radical (unpaired) electrons. The van der Waals surface area contributed by atoms with Crippen molar-refractivity contribution in [1.29, 1.82) is 0 Å². The van der Waals surface area contributed by atoms with E-state index in [4.69, 9.17) is 4.74 Å². The van der Waals surface area contributed by atoms with Crippen LogP contribution in [0.4, 0.5) is 0 Å². The molecule has 1 aromatic carbocycles. The SMILES string of the molecule is CCCOC(C)c1cc2c(=O)n(NS(C)(=O)=O)c(=O)[nH]c2cc1C. The van der Waals surface area contributed by atoms with Crippen molar-refractivity contribution in [2.75, 3.05) is 17.7 Å². The van der Waals surface area contributed by atoms with E-state index in [1.165, 1.54) is 0 Å². The lowest BCUT2D eigenvalue weighted by molar-refractivity contribution is 0.0659. The number of H-pyrrole nitrogens is 1. The molecule has 0 aliphatic carbocycles. The molecule has 9 heteroatoms. The van der Waals surface area contributed by atoms with Crippen molar-refractivity contribution in [2.24, 2.45) is 0 Å². The van der Waals surface area contributed by atoms with Crippen LogP contribution in [-0.2, 0) is 14.8 Å². The number of ether oxygens (including phenoxy) is 1. The normalized spacial score (nSPS) is 13.2. The Hall–Kier alpha value is -2.13. The number of sulfonamides is 1. The number of hydrogen-bond donors (Lipinski definition) is 2. The fourth-order valence-corrected chi connectivity index (χ4v) is 2.96. The van der Waals surface area contributed by atoms with Gasteiger partial charge in [-0.2, -0.15) is 4.68 Å². The molecule has 1 unspecified atom stereocenters. The minimum atomic E-state index is -3.77. The summed E-state index contributed by atoms with van der Waals surface area (Å²) in [6.07, 6.45) is 1.51. The molecule has 0 aliphatic rings. The van der Waals surface area contributed by atoms with E-state index in [0.29, 0.717) is 16.8 Å². The van der Waals surface area contributed by atoms with Crippen LogP contribution in [0, 0.1) is 6.92 Å². The van der Waals surface area contributed by atoms with Crippen LogP contribution in [0.2, 0.25) is 0 Å². The van der Waals surface area contributed by atoms with Gasteiger partial charge in [-0.05, 0) is 43.5 Å². The highest BCUT2D eigenvalue weighted by Gasteiger charge is 2.15. The number of aromatic nitrogens is 2. The van der Waals surface area contributed by atoms with Gasteiger partial charge in [-0.15, -0.1) is 0 Å². The van der Waals surface area contributed by atoms with Crippen molar-refractivity contribution >= 4 is 20.9 Å². The van der Waals surface area contributed by atoms with Crippen molar-refractivity contribution in [3.63, 3.8) is 0 Å². The Morgan fingerprint density at radius 2 is 2.00 bits per heavy atom. The molecule has 2 N–H and O–H groups in total. The average molecular weight is 355 g/mol. The van der Waals surface area contributed by atoms with Crippen molar-refractivity contribution in [3.8, 4) is 0 Å². The van der Waals surface area contributed by atoms with E-state index < -0.39 is 21.3 Å². The standard InChI is InChI=1S/C15H21N3O5S/c1-5-6-23-10(3)11-8-12-13(7-9(11)2)16-15(20)18(14(12)19)17-24(4,21)22/h7-8,10,17H,5-6H2,1-4H3,(H,16,20). The second kappa shape index (κ2) is 6.78. The molecule has 1 atom stereocenters. The molecule has 2 aromatic rings. The van der Waals surface area contributed by atoms with E-state index in [2.05, 4.69) is 4.98 Å². The predicted octanol–water partition coefficient (Wildman–Crippen LogP) is 0.989. The average Bonchev–Trinajstić information content (AvgIpc) is 2.47. The van der Waals surface area contributed by atoms with Gasteiger partial charge in [0.05, 0.1) is 23.3 Å². The molecule has 0 amide bonds. The summed E-state index contributed by atoms with van der Waals surface area (Å²) in [6.45, 7) is 6.33. The summed E-state index contributed by atoms with van der Waals surface area (Å²) in [7, 11) is -3.77. The third-order valence-electron chi connectivity index (χ3n) is 3.55. The molecule has 132 valence electrons. The Kier molecular flexibility index (Phi) is 5.14. The maximum atomic E-state index is 12.5. The number of fused-ring (bicyclic) bond motifs is 1. The van der Waals surface area contributed by atoms with E-state index >= 15 is 0 Å². The largest absolute Gasteiger partial charge is 0.374 e. The highest BCUT2D eigenvalue weighted by molar-refractivity contribution is 7.91. The van der Waals surface area contributed by atoms with Crippen molar-refractivity contribution in [3.05, 3.63) is 44.1 Å². The molecular weight excluding hydrogens is 334 g/mol. The van der Waals surface area contributed by atoms with Gasteiger partial charge in [-0.1, -0.05) is 6.92 Å². The van der Waals surface area contributed by atoms with Gasteiger partial charge >= 0.3 is 5.69 Å². The Morgan fingerprint density at radius 3 is 2.58 bits per heavy atom. The van der Waals surface area contributed by atoms with E-state index in [-0.39, 0.29) is 11.5 Å². The van der Waals surface area contributed by atoms with Crippen LogP contribution in [0.25, 0.3) is 10.9 Å². The van der Waals surface area contributed by atoms with Crippen molar-refractivity contribution in [2.45, 2.75) is 33.3 Å². The lowest BCUT2D eigenvalue weighted by Crippen LogP contribution is -2.43. The molecule has 0 aliphatic heterocycles. The van der Waals surface area contributed by atoms with Crippen LogP contribution in [0.15, 0.2) is 21.7 Å². The van der Waals surface area contributed by atoms with Crippen LogP contribution in [0.1, 0.15) is 37.5 Å². The summed E-state index contributed by atoms with van der Waals surface area (Å²) < 4.78 is 28.8. The zero-order chi connectivity index (χ0) is 18.1. The highest BCUT2D eigenvalue weighted by atomic mass is 32.2. The van der Waals surface area contributed by atoms with Gasteiger partial charge < -0.3 is 9.72 Å². The third kappa shape index (κ3) is 3.85. The van der Waals surface area contributed by atoms with Gasteiger partial charge in [0.25, 0.3) is 5.56 Å². The zero-order valence-corrected chi connectivity index (χ0v) is 14.9. The van der Waals surface area contributed by atoms with Crippen LogP contribution in [-0.4, -0.2) is 30.9 Å². The Morgan fingerprint density at radius 1 is 1.33 bits per heavy atom. The minimum absolute atomic E-state index is 0.207. The monoisotopic (exact) mass is 355 g/mol. The first kappa shape index (κ1) is 18.2. The maximum absolute atomic E-state index is 12.5. The topological polar surface area (TPSA) is 110 Å². The number of benzene rings is 1. The van der Waals surface area contributed by atoms with Crippen molar-refractivity contribution < 1.29 is 13.2 Å². The predicted molar refractivity (Wildman–Crippen MR) is 92.4 cm³/mol. The van der Waals surface area contributed by atoms with E-state index in [1.807, 2.05) is 25.6 Å². The van der Waals surface area contributed by atoms with Crippen LogP contribution < -0.4 is 16.1 Å². The molecule has 0 saturated heterocycles. The fraction of sp³-hybridized carbons (Fsp3) is 0.467. The highest BCUT2D eigenvalue weighted by Crippen LogP contribution is 2.24. The summed E-state index contributed by atoms with van der Waals surface area (Å²) >= 11 is 0. The molecular formula is C15H21N3O5S. The molecule has 1 heterocycles. The van der Waals surface area contributed by atoms with E-state index in [9.17, 15) is 18.0 Å².